The molecule has 0 N–H and O–H groups in total. The molecule has 0 radical (unpaired) electrons. The van der Waals surface area contributed by atoms with Gasteiger partial charge in [-0.2, -0.15) is 9.97 Å². The Balaban J connectivity index is 1.45. The van der Waals surface area contributed by atoms with Crippen LogP contribution in [-0.2, 0) is 11.8 Å². The molecule has 3 heterocycles. The van der Waals surface area contributed by atoms with E-state index in [1.165, 1.54) is 0 Å². The van der Waals surface area contributed by atoms with E-state index in [4.69, 9.17) is 9.47 Å². The van der Waals surface area contributed by atoms with Crippen molar-refractivity contribution in [3.8, 4) is 11.8 Å². The minimum absolute atomic E-state index is 0.0231. The molecule has 1 saturated heterocycles. The number of nitro groups is 1. The van der Waals surface area contributed by atoms with E-state index in [1.54, 1.807) is 28.0 Å². The van der Waals surface area contributed by atoms with Gasteiger partial charge in [-0.15, -0.1) is 0 Å². The van der Waals surface area contributed by atoms with Gasteiger partial charge in [0, 0.05) is 44.1 Å². The first-order chi connectivity index (χ1) is 16.5. The summed E-state index contributed by atoms with van der Waals surface area (Å²) in [7, 11) is 1.81. The number of ether oxygens (including phenoxy) is 2. The van der Waals surface area contributed by atoms with Gasteiger partial charge in [-0.25, -0.2) is 4.79 Å². The lowest BCUT2D eigenvalue weighted by molar-refractivity contribution is -0.385. The summed E-state index contributed by atoms with van der Waals surface area (Å²) in [6, 6.07) is 7.03. The first-order valence-corrected chi connectivity index (χ1v) is 11.0. The second kappa shape index (κ2) is 9.20. The molecule has 2 amide bonds. The molecule has 1 aliphatic rings. The minimum Gasteiger partial charge on any atom is -0.444 e. The number of carbonyl (C=O) groups excluding carboxylic acids is 2. The van der Waals surface area contributed by atoms with E-state index in [0.717, 1.165) is 23.3 Å². The van der Waals surface area contributed by atoms with Crippen LogP contribution in [0.15, 0.2) is 36.7 Å². The van der Waals surface area contributed by atoms with Gasteiger partial charge in [-0.3, -0.25) is 14.9 Å². The van der Waals surface area contributed by atoms with Crippen molar-refractivity contribution < 1.29 is 24.0 Å². The van der Waals surface area contributed by atoms with Crippen LogP contribution in [0.3, 0.4) is 0 Å². The van der Waals surface area contributed by atoms with E-state index in [2.05, 4.69) is 9.97 Å². The number of aryl methyl sites for hydroxylation is 1. The van der Waals surface area contributed by atoms with E-state index in [0.29, 0.717) is 37.6 Å². The molecule has 0 unspecified atom stereocenters. The molecule has 1 aliphatic heterocycles. The number of hydrogen-bond donors (Lipinski definition) is 0. The highest BCUT2D eigenvalue weighted by atomic mass is 16.6. The zero-order valence-corrected chi connectivity index (χ0v) is 19.9. The Kier molecular flexibility index (Phi) is 6.29. The van der Waals surface area contributed by atoms with Gasteiger partial charge < -0.3 is 23.8 Å². The van der Waals surface area contributed by atoms with Gasteiger partial charge in [-0.05, 0) is 45.0 Å². The third kappa shape index (κ3) is 5.31. The second-order valence-corrected chi connectivity index (χ2v) is 9.15. The quantitative estimate of drug-likeness (QED) is 0.408. The molecule has 0 saturated carbocycles. The lowest BCUT2D eigenvalue weighted by Gasteiger charge is -2.35. The molecule has 3 aromatic rings. The molecule has 12 nitrogen and oxygen atoms in total. The maximum Gasteiger partial charge on any atom is 0.410 e. The Hall–Kier alpha value is -4.22. The van der Waals surface area contributed by atoms with Crippen LogP contribution >= 0.6 is 0 Å². The molecule has 0 aliphatic carbocycles. The molecular weight excluding hydrogens is 456 g/mol. The zero-order chi connectivity index (χ0) is 25.3. The number of hydrogen-bond acceptors (Lipinski definition) is 8. The van der Waals surface area contributed by atoms with E-state index >= 15 is 0 Å². The summed E-state index contributed by atoms with van der Waals surface area (Å²) in [6.45, 7) is 7.08. The molecular formula is C23H26N6O6. The topological polar surface area (TPSA) is 133 Å². The van der Waals surface area contributed by atoms with Crippen molar-refractivity contribution in [3.63, 3.8) is 0 Å². The van der Waals surface area contributed by atoms with Crippen LogP contribution in [0.2, 0.25) is 0 Å². The van der Waals surface area contributed by atoms with Crippen LogP contribution in [0.1, 0.15) is 31.3 Å². The Labute approximate surface area is 201 Å². The van der Waals surface area contributed by atoms with Gasteiger partial charge >= 0.3 is 17.8 Å². The molecule has 1 fully saturated rings. The molecule has 1 aromatic carbocycles. The Morgan fingerprint density at radius 2 is 1.66 bits per heavy atom. The average Bonchev–Trinajstić information content (AvgIpc) is 3.13. The largest absolute Gasteiger partial charge is 0.444 e. The number of nitrogens with zero attached hydrogens (tertiary/aromatic N) is 6. The van der Waals surface area contributed by atoms with Crippen LogP contribution in [0.5, 0.6) is 11.8 Å². The van der Waals surface area contributed by atoms with Crippen LogP contribution in [0.4, 0.5) is 10.5 Å². The third-order valence-corrected chi connectivity index (χ3v) is 5.49. The van der Waals surface area contributed by atoms with Crippen LogP contribution in [0, 0.1) is 10.1 Å². The van der Waals surface area contributed by atoms with Gasteiger partial charge in [0.05, 0.1) is 4.92 Å². The number of amides is 2. The number of benzene rings is 1. The van der Waals surface area contributed by atoms with Crippen molar-refractivity contribution in [2.45, 2.75) is 26.4 Å². The number of carbonyl (C=O) groups is 2. The zero-order valence-electron chi connectivity index (χ0n) is 19.9. The third-order valence-electron chi connectivity index (χ3n) is 5.49. The fourth-order valence-corrected chi connectivity index (χ4v) is 3.74. The van der Waals surface area contributed by atoms with E-state index in [1.807, 2.05) is 38.5 Å². The maximum absolute atomic E-state index is 13.2. The molecule has 0 spiro atoms. The summed E-state index contributed by atoms with van der Waals surface area (Å²) in [5.74, 6) is 0.302. The van der Waals surface area contributed by atoms with Gasteiger partial charge in [0.15, 0.2) is 0 Å². The molecule has 0 atom stereocenters. The predicted octanol–water partition coefficient (Wildman–Crippen LogP) is 3.36. The van der Waals surface area contributed by atoms with Gasteiger partial charge in [0.1, 0.15) is 29.4 Å². The molecule has 35 heavy (non-hydrogen) atoms. The van der Waals surface area contributed by atoms with Crippen molar-refractivity contribution in [2.24, 2.45) is 7.05 Å². The first kappa shape index (κ1) is 23.9. The van der Waals surface area contributed by atoms with E-state index in [9.17, 15) is 19.7 Å². The van der Waals surface area contributed by atoms with Crippen molar-refractivity contribution >= 4 is 28.6 Å². The van der Waals surface area contributed by atoms with Crippen molar-refractivity contribution in [1.82, 2.24) is 24.3 Å². The fraction of sp³-hybridized carbons (Fsp3) is 0.391. The highest BCUT2D eigenvalue weighted by Gasteiger charge is 2.29. The smallest absolute Gasteiger partial charge is 0.410 e. The van der Waals surface area contributed by atoms with Gasteiger partial charge in [-0.1, -0.05) is 0 Å². The van der Waals surface area contributed by atoms with Gasteiger partial charge in [0.2, 0.25) is 0 Å². The van der Waals surface area contributed by atoms with Crippen LogP contribution < -0.4 is 4.74 Å². The summed E-state index contributed by atoms with van der Waals surface area (Å²) >= 11 is 0. The maximum atomic E-state index is 13.2. The van der Waals surface area contributed by atoms with E-state index in [-0.39, 0.29) is 23.7 Å². The normalized spacial score (nSPS) is 14.2. The Morgan fingerprint density at radius 3 is 2.26 bits per heavy atom. The van der Waals surface area contributed by atoms with Gasteiger partial charge in [0.25, 0.3) is 5.91 Å². The van der Waals surface area contributed by atoms with Crippen LogP contribution in [0.25, 0.3) is 10.9 Å². The summed E-state index contributed by atoms with van der Waals surface area (Å²) < 4.78 is 12.8. The highest BCUT2D eigenvalue weighted by Crippen LogP contribution is 2.27. The van der Waals surface area contributed by atoms with Crippen molar-refractivity contribution in [3.05, 3.63) is 52.5 Å². The summed E-state index contributed by atoms with van der Waals surface area (Å²) in [4.78, 5) is 46.7. The SMILES string of the molecule is Cn1c(C(=O)N2CCN(C(=O)OC(C)(C)C)CC2)cc2cc(Oc3ncc([N+](=O)[O-])cn3)ccc21. The summed E-state index contributed by atoms with van der Waals surface area (Å²) in [5, 5.41) is 11.5. The number of rotatable bonds is 4. The van der Waals surface area contributed by atoms with Crippen LogP contribution in [-0.4, -0.2) is 73.0 Å². The lowest BCUT2D eigenvalue weighted by Crippen LogP contribution is -2.51. The molecule has 2 aromatic heterocycles. The Bertz CT molecular complexity index is 1270. The monoisotopic (exact) mass is 482 g/mol. The summed E-state index contributed by atoms with van der Waals surface area (Å²) in [6.07, 6.45) is 1.77. The number of piperazine rings is 1. The molecule has 0 bridgehead atoms. The molecule has 4 rings (SSSR count). The minimum atomic E-state index is -0.588. The van der Waals surface area contributed by atoms with Crippen molar-refractivity contribution in [2.75, 3.05) is 26.2 Å². The fourth-order valence-electron chi connectivity index (χ4n) is 3.74. The van der Waals surface area contributed by atoms with E-state index < -0.39 is 10.5 Å². The lowest BCUT2D eigenvalue weighted by atomic mass is 10.2. The molecule has 184 valence electrons. The standard InChI is InChI=1S/C23H26N6O6/c1-23(2,3)35-22(31)28-9-7-27(8-10-28)20(30)19-12-15-11-17(5-6-18(15)26(19)4)34-21-24-13-16(14-25-21)29(32)33/h5-6,11-14H,7-10H2,1-4H3. The average molecular weight is 482 g/mol. The number of aromatic nitrogens is 3. The molecule has 12 heteroatoms. The Morgan fingerprint density at radius 1 is 1.03 bits per heavy atom. The predicted molar refractivity (Wildman–Crippen MR) is 125 cm³/mol. The highest BCUT2D eigenvalue weighted by molar-refractivity contribution is 5.99. The van der Waals surface area contributed by atoms with Crippen molar-refractivity contribution in [1.29, 1.82) is 0 Å². The first-order valence-electron chi connectivity index (χ1n) is 11.0. The summed E-state index contributed by atoms with van der Waals surface area (Å²) in [5.41, 5.74) is 0.540. The number of fused-ring (bicyclic) bond motifs is 1. The second-order valence-electron chi connectivity index (χ2n) is 9.15.